The van der Waals surface area contributed by atoms with Crippen molar-refractivity contribution >= 4 is 34.0 Å². The minimum atomic E-state index is -0.733. The Morgan fingerprint density at radius 2 is 1.90 bits per heavy atom. The molecule has 0 amide bonds. The van der Waals surface area contributed by atoms with Crippen molar-refractivity contribution < 1.29 is 13.9 Å². The first-order valence-electron chi connectivity index (χ1n) is 10.6. The van der Waals surface area contributed by atoms with E-state index in [1.165, 1.54) is 29.5 Å². The van der Waals surface area contributed by atoms with Gasteiger partial charge < -0.3 is 15.7 Å². The van der Waals surface area contributed by atoms with Crippen molar-refractivity contribution in [3.05, 3.63) is 39.3 Å². The summed E-state index contributed by atoms with van der Waals surface area (Å²) in [7, 11) is 0. The molecule has 166 valence electrons. The first-order chi connectivity index (χ1) is 14.8. The van der Waals surface area contributed by atoms with E-state index in [4.69, 9.17) is 4.98 Å². The number of rotatable bonds is 8. The normalized spacial score (nSPS) is 14.0. The average Bonchev–Trinajstić information content (AvgIpc) is 3.14. The third kappa shape index (κ3) is 5.10. The highest BCUT2D eigenvalue weighted by Gasteiger charge is 2.20. The number of aliphatic hydroxyl groups excluding tert-OH is 1. The summed E-state index contributed by atoms with van der Waals surface area (Å²) in [5.74, 6) is -0.794. The van der Waals surface area contributed by atoms with E-state index >= 15 is 0 Å². The van der Waals surface area contributed by atoms with Crippen LogP contribution in [0.5, 0.6) is 0 Å². The van der Waals surface area contributed by atoms with Crippen LogP contribution in [0.25, 0.3) is 10.9 Å². The molecule has 0 saturated carbocycles. The Hall–Kier alpha value is -2.39. The van der Waals surface area contributed by atoms with Gasteiger partial charge in [-0.05, 0) is 43.6 Å². The molecular formula is C22H27F2N5OS. The maximum Gasteiger partial charge on any atom is 0.225 e. The number of anilines is 2. The fourth-order valence-corrected chi connectivity index (χ4v) is 4.82. The van der Waals surface area contributed by atoms with Crippen LogP contribution in [0.3, 0.4) is 0 Å². The minimum Gasteiger partial charge on any atom is -0.396 e. The van der Waals surface area contributed by atoms with Gasteiger partial charge in [-0.2, -0.15) is 4.98 Å². The second kappa shape index (κ2) is 9.00. The summed E-state index contributed by atoms with van der Waals surface area (Å²) in [6.45, 7) is 5.02. The van der Waals surface area contributed by atoms with E-state index in [1.54, 1.807) is 11.3 Å². The molecule has 2 aromatic heterocycles. The van der Waals surface area contributed by atoms with Crippen LogP contribution in [0, 0.1) is 17.0 Å². The molecule has 2 heterocycles. The van der Waals surface area contributed by atoms with E-state index in [0.29, 0.717) is 30.7 Å². The highest BCUT2D eigenvalue weighted by Crippen LogP contribution is 2.29. The Balaban J connectivity index is 1.61. The van der Waals surface area contributed by atoms with Crippen molar-refractivity contribution in [1.29, 1.82) is 0 Å². The van der Waals surface area contributed by atoms with Gasteiger partial charge in [-0.25, -0.2) is 18.7 Å². The summed E-state index contributed by atoms with van der Waals surface area (Å²) < 4.78 is 28.4. The highest BCUT2D eigenvalue weighted by molar-refractivity contribution is 7.11. The van der Waals surface area contributed by atoms with Gasteiger partial charge in [-0.15, -0.1) is 11.3 Å². The largest absolute Gasteiger partial charge is 0.396 e. The number of halogens is 2. The van der Waals surface area contributed by atoms with E-state index in [2.05, 4.69) is 20.6 Å². The lowest BCUT2D eigenvalue weighted by atomic mass is 9.90. The van der Waals surface area contributed by atoms with Crippen LogP contribution in [-0.2, 0) is 19.4 Å². The van der Waals surface area contributed by atoms with Gasteiger partial charge in [0.05, 0.1) is 12.2 Å². The number of thiazole rings is 1. The predicted octanol–water partition coefficient (Wildman–Crippen LogP) is 4.68. The molecule has 3 N–H and O–H groups in total. The third-order valence-corrected chi connectivity index (χ3v) is 6.69. The lowest BCUT2D eigenvalue weighted by Gasteiger charge is -2.24. The van der Waals surface area contributed by atoms with Gasteiger partial charge in [0.25, 0.3) is 0 Å². The molecule has 0 saturated heterocycles. The molecule has 4 rings (SSSR count). The highest BCUT2D eigenvalue weighted by atomic mass is 32.1. The van der Waals surface area contributed by atoms with Gasteiger partial charge in [0, 0.05) is 29.5 Å². The topological polar surface area (TPSA) is 83.0 Å². The SMILES string of the molecule is CC(C)(CCO)CNc1nc(NCc2nc3c(s2)CCCC3)c2cc(F)cc(F)c2n1. The average molecular weight is 448 g/mol. The van der Waals surface area contributed by atoms with Crippen LogP contribution in [0.1, 0.15) is 48.7 Å². The van der Waals surface area contributed by atoms with E-state index in [9.17, 15) is 13.9 Å². The molecule has 0 fully saturated rings. The Kier molecular flexibility index (Phi) is 6.34. The quantitative estimate of drug-likeness (QED) is 0.465. The molecule has 0 aliphatic heterocycles. The summed E-state index contributed by atoms with van der Waals surface area (Å²) >= 11 is 1.69. The first-order valence-corrected chi connectivity index (χ1v) is 11.4. The van der Waals surface area contributed by atoms with E-state index in [-0.39, 0.29) is 23.5 Å². The van der Waals surface area contributed by atoms with Crippen molar-refractivity contribution in [2.75, 3.05) is 23.8 Å². The molecule has 9 heteroatoms. The molecule has 0 bridgehead atoms. The number of nitrogens with one attached hydrogen (secondary N) is 2. The smallest absolute Gasteiger partial charge is 0.225 e. The minimum absolute atomic E-state index is 0.0554. The molecule has 0 radical (unpaired) electrons. The van der Waals surface area contributed by atoms with Gasteiger partial charge in [-0.3, -0.25) is 0 Å². The van der Waals surface area contributed by atoms with Crippen molar-refractivity contribution in [3.8, 4) is 0 Å². The number of hydrogen-bond acceptors (Lipinski definition) is 7. The van der Waals surface area contributed by atoms with E-state index < -0.39 is 11.6 Å². The number of nitrogens with zero attached hydrogens (tertiary/aromatic N) is 3. The van der Waals surface area contributed by atoms with E-state index in [1.807, 2.05) is 13.8 Å². The Bertz CT molecular complexity index is 1060. The lowest BCUT2D eigenvalue weighted by molar-refractivity contribution is 0.220. The zero-order valence-electron chi connectivity index (χ0n) is 17.8. The number of hydrogen-bond donors (Lipinski definition) is 3. The number of benzene rings is 1. The zero-order valence-corrected chi connectivity index (χ0v) is 18.6. The van der Waals surface area contributed by atoms with Crippen LogP contribution in [0.15, 0.2) is 12.1 Å². The predicted molar refractivity (Wildman–Crippen MR) is 120 cm³/mol. The maximum absolute atomic E-state index is 14.5. The van der Waals surface area contributed by atoms with Crippen LogP contribution >= 0.6 is 11.3 Å². The van der Waals surface area contributed by atoms with Gasteiger partial charge >= 0.3 is 0 Å². The Morgan fingerprint density at radius 3 is 2.68 bits per heavy atom. The molecular weight excluding hydrogens is 420 g/mol. The second-order valence-electron chi connectivity index (χ2n) is 8.71. The summed E-state index contributed by atoms with van der Waals surface area (Å²) in [6, 6.07) is 2.07. The van der Waals surface area contributed by atoms with Gasteiger partial charge in [0.1, 0.15) is 22.2 Å². The Morgan fingerprint density at radius 1 is 1.10 bits per heavy atom. The van der Waals surface area contributed by atoms with E-state index in [0.717, 1.165) is 23.9 Å². The Labute approximate surface area is 184 Å². The zero-order chi connectivity index (χ0) is 22.0. The number of aryl methyl sites for hydroxylation is 2. The standard InChI is InChI=1S/C22H27F2N5OS/c1-22(2,7-8-30)12-26-21-28-19-14(9-13(23)10-15(19)24)20(29-21)25-11-18-27-16-5-3-4-6-17(16)31-18/h9-10,30H,3-8,11-12H2,1-2H3,(H2,25,26,28,29). The summed E-state index contributed by atoms with van der Waals surface area (Å²) in [5, 5.41) is 16.8. The first kappa shape index (κ1) is 21.8. The van der Waals surface area contributed by atoms with Crippen LogP contribution in [0.4, 0.5) is 20.5 Å². The van der Waals surface area contributed by atoms with Crippen molar-refractivity contribution in [1.82, 2.24) is 15.0 Å². The van der Waals surface area contributed by atoms with Crippen molar-refractivity contribution in [2.45, 2.75) is 52.5 Å². The summed E-state index contributed by atoms with van der Waals surface area (Å²) in [4.78, 5) is 14.8. The molecule has 1 aromatic carbocycles. The molecule has 0 atom stereocenters. The summed E-state index contributed by atoms with van der Waals surface area (Å²) in [5.41, 5.74) is 1.04. The third-order valence-electron chi connectivity index (χ3n) is 5.53. The van der Waals surface area contributed by atoms with Gasteiger partial charge in [0.2, 0.25) is 5.95 Å². The van der Waals surface area contributed by atoms with Crippen LogP contribution in [-0.4, -0.2) is 33.2 Å². The number of aliphatic hydroxyl groups is 1. The fourth-order valence-electron chi connectivity index (χ4n) is 3.72. The number of aromatic nitrogens is 3. The second-order valence-corrected chi connectivity index (χ2v) is 9.88. The molecule has 3 aromatic rings. The molecule has 6 nitrogen and oxygen atoms in total. The lowest BCUT2D eigenvalue weighted by Crippen LogP contribution is -2.25. The maximum atomic E-state index is 14.5. The van der Waals surface area contributed by atoms with Crippen molar-refractivity contribution in [2.24, 2.45) is 5.41 Å². The monoisotopic (exact) mass is 447 g/mol. The van der Waals surface area contributed by atoms with Gasteiger partial charge in [-0.1, -0.05) is 13.8 Å². The molecule has 1 aliphatic carbocycles. The number of fused-ring (bicyclic) bond motifs is 2. The van der Waals surface area contributed by atoms with Crippen molar-refractivity contribution in [3.63, 3.8) is 0 Å². The summed E-state index contributed by atoms with van der Waals surface area (Å²) in [6.07, 6.45) is 5.04. The fraction of sp³-hybridized carbons (Fsp3) is 0.500. The molecule has 0 spiro atoms. The molecule has 0 unspecified atom stereocenters. The molecule has 1 aliphatic rings. The molecule has 31 heavy (non-hydrogen) atoms. The van der Waals surface area contributed by atoms with Crippen LogP contribution < -0.4 is 10.6 Å². The van der Waals surface area contributed by atoms with Gasteiger partial charge in [0.15, 0.2) is 5.82 Å². The van der Waals surface area contributed by atoms with Crippen LogP contribution in [0.2, 0.25) is 0 Å².